The number of nitro benzene ring substituents is 1. The Balaban J connectivity index is 1.59. The van der Waals surface area contributed by atoms with E-state index in [4.69, 9.17) is 23.7 Å². The zero-order valence-electron chi connectivity index (χ0n) is 13.7. The number of nitro groups is 1. The second-order valence-electron chi connectivity index (χ2n) is 5.72. The fourth-order valence-corrected chi connectivity index (χ4v) is 2.83. The summed E-state index contributed by atoms with van der Waals surface area (Å²) in [6.45, 7) is -0.265. The molecule has 0 amide bonds. The van der Waals surface area contributed by atoms with Crippen LogP contribution in [-0.4, -0.2) is 24.5 Å². The van der Waals surface area contributed by atoms with Crippen molar-refractivity contribution < 1.29 is 37.8 Å². The topological polar surface area (TPSA) is 106 Å². The van der Waals surface area contributed by atoms with E-state index in [2.05, 4.69) is 0 Å². The molecule has 0 atom stereocenters. The Hall–Kier alpha value is -3.40. The highest BCUT2D eigenvalue weighted by Gasteiger charge is 2.28. The number of rotatable bonds is 4. The van der Waals surface area contributed by atoms with Crippen LogP contribution >= 0.6 is 0 Å². The number of fused-ring (bicyclic) bond motifs is 2. The lowest BCUT2D eigenvalue weighted by atomic mass is 10.1. The molecule has 0 saturated heterocycles. The van der Waals surface area contributed by atoms with Gasteiger partial charge in [0.2, 0.25) is 6.79 Å². The third kappa shape index (κ3) is 3.22. The van der Waals surface area contributed by atoms with Crippen LogP contribution in [0, 0.1) is 15.9 Å². The number of esters is 1. The van der Waals surface area contributed by atoms with Crippen molar-refractivity contribution in [3.63, 3.8) is 0 Å². The number of halogens is 1. The van der Waals surface area contributed by atoms with Gasteiger partial charge in [-0.15, -0.1) is 0 Å². The molecule has 2 aromatic rings. The molecule has 2 heterocycles. The number of benzene rings is 2. The Bertz CT molecular complexity index is 945. The minimum absolute atomic E-state index is 0.00673. The van der Waals surface area contributed by atoms with Crippen molar-refractivity contribution >= 4 is 11.7 Å². The van der Waals surface area contributed by atoms with Gasteiger partial charge in [-0.3, -0.25) is 10.1 Å². The third-order valence-corrected chi connectivity index (χ3v) is 4.02. The molecule has 0 aliphatic carbocycles. The standard InChI is InChI=1S/C17H12FNO8/c18-11-1-9-5-23-7-27-16(9)10(2-11)6-24-17(20)12-3-14-15(26-8-25-14)4-13(12)19(21)22/h1-4H,5-8H2. The van der Waals surface area contributed by atoms with Gasteiger partial charge >= 0.3 is 5.97 Å². The SMILES string of the molecule is O=C(OCc1cc(F)cc2c1OCOC2)c1cc2c(cc1[N+](=O)[O-])OCO2. The van der Waals surface area contributed by atoms with Gasteiger partial charge in [0.1, 0.15) is 23.7 Å². The summed E-state index contributed by atoms with van der Waals surface area (Å²) in [4.78, 5) is 22.9. The van der Waals surface area contributed by atoms with Crippen molar-refractivity contribution in [3.05, 3.63) is 56.9 Å². The summed E-state index contributed by atoms with van der Waals surface area (Å²) in [6.07, 6.45) is 0. The van der Waals surface area contributed by atoms with Crippen molar-refractivity contribution in [3.8, 4) is 17.2 Å². The van der Waals surface area contributed by atoms with E-state index < -0.39 is 22.4 Å². The Kier molecular flexibility index (Phi) is 4.24. The van der Waals surface area contributed by atoms with Crippen molar-refractivity contribution in [1.82, 2.24) is 0 Å². The molecule has 0 radical (unpaired) electrons. The van der Waals surface area contributed by atoms with Crippen molar-refractivity contribution in [2.24, 2.45) is 0 Å². The quantitative estimate of drug-likeness (QED) is 0.455. The number of hydrogen-bond donors (Lipinski definition) is 0. The van der Waals surface area contributed by atoms with Gasteiger partial charge in [0.05, 0.1) is 17.6 Å². The number of ether oxygens (including phenoxy) is 5. The molecule has 0 fully saturated rings. The molecule has 10 heteroatoms. The minimum Gasteiger partial charge on any atom is -0.467 e. The summed E-state index contributed by atoms with van der Waals surface area (Å²) in [5.74, 6) is -0.745. The van der Waals surface area contributed by atoms with Crippen LogP contribution in [0.1, 0.15) is 21.5 Å². The van der Waals surface area contributed by atoms with E-state index >= 15 is 0 Å². The van der Waals surface area contributed by atoms with Gasteiger partial charge in [-0.1, -0.05) is 0 Å². The van der Waals surface area contributed by atoms with E-state index in [1.807, 2.05) is 0 Å². The first kappa shape index (κ1) is 17.0. The normalized spacial score (nSPS) is 14.3. The summed E-state index contributed by atoms with van der Waals surface area (Å²) in [5, 5.41) is 11.3. The molecular formula is C17H12FNO8. The maximum atomic E-state index is 13.8. The summed E-state index contributed by atoms with van der Waals surface area (Å²) >= 11 is 0. The predicted octanol–water partition coefficient (Wildman–Crippen LogP) is 2.69. The first-order valence-corrected chi connectivity index (χ1v) is 7.80. The third-order valence-electron chi connectivity index (χ3n) is 4.02. The Morgan fingerprint density at radius 3 is 2.70 bits per heavy atom. The molecule has 0 aromatic heterocycles. The first-order chi connectivity index (χ1) is 13.0. The monoisotopic (exact) mass is 377 g/mol. The number of hydrogen-bond acceptors (Lipinski definition) is 8. The van der Waals surface area contributed by atoms with Gasteiger partial charge in [-0.25, -0.2) is 9.18 Å². The second kappa shape index (κ2) is 6.72. The lowest BCUT2D eigenvalue weighted by molar-refractivity contribution is -0.385. The second-order valence-corrected chi connectivity index (χ2v) is 5.72. The lowest BCUT2D eigenvalue weighted by Gasteiger charge is -2.20. The van der Waals surface area contributed by atoms with Crippen LogP contribution in [0.25, 0.3) is 0 Å². The molecule has 2 aliphatic rings. The minimum atomic E-state index is -0.954. The Morgan fingerprint density at radius 1 is 1.15 bits per heavy atom. The molecule has 0 spiro atoms. The first-order valence-electron chi connectivity index (χ1n) is 7.80. The van der Waals surface area contributed by atoms with E-state index in [9.17, 15) is 19.3 Å². The summed E-state index contributed by atoms with van der Waals surface area (Å²) in [5.41, 5.74) is 0.0142. The average molecular weight is 377 g/mol. The fourth-order valence-electron chi connectivity index (χ4n) is 2.83. The van der Waals surface area contributed by atoms with E-state index in [0.717, 1.165) is 6.07 Å². The molecule has 2 aliphatic heterocycles. The van der Waals surface area contributed by atoms with E-state index in [1.165, 1.54) is 18.2 Å². The molecule has 0 unspecified atom stereocenters. The van der Waals surface area contributed by atoms with Crippen LogP contribution < -0.4 is 14.2 Å². The molecule has 0 N–H and O–H groups in total. The van der Waals surface area contributed by atoms with Gasteiger partial charge in [0.15, 0.2) is 18.3 Å². The maximum Gasteiger partial charge on any atom is 0.345 e. The van der Waals surface area contributed by atoms with Crippen molar-refractivity contribution in [1.29, 1.82) is 0 Å². The maximum absolute atomic E-state index is 13.8. The zero-order valence-corrected chi connectivity index (χ0v) is 13.7. The predicted molar refractivity (Wildman–Crippen MR) is 85.0 cm³/mol. The average Bonchev–Trinajstić information content (AvgIpc) is 3.12. The highest BCUT2D eigenvalue weighted by Crippen LogP contribution is 2.38. The fraction of sp³-hybridized carbons (Fsp3) is 0.235. The van der Waals surface area contributed by atoms with Crippen LogP contribution in [0.5, 0.6) is 17.2 Å². The van der Waals surface area contributed by atoms with E-state index in [-0.39, 0.29) is 43.9 Å². The Labute approximate surface area is 151 Å². The number of carbonyl (C=O) groups excluding carboxylic acids is 1. The van der Waals surface area contributed by atoms with Gasteiger partial charge < -0.3 is 23.7 Å². The zero-order chi connectivity index (χ0) is 19.0. The highest BCUT2D eigenvalue weighted by atomic mass is 19.1. The van der Waals surface area contributed by atoms with Gasteiger partial charge in [-0.2, -0.15) is 0 Å². The van der Waals surface area contributed by atoms with Crippen LogP contribution in [0.4, 0.5) is 10.1 Å². The molecule has 0 saturated carbocycles. The van der Waals surface area contributed by atoms with Crippen molar-refractivity contribution in [2.45, 2.75) is 13.2 Å². The van der Waals surface area contributed by atoms with Gasteiger partial charge in [0.25, 0.3) is 5.69 Å². The molecular weight excluding hydrogens is 365 g/mol. The number of carbonyl (C=O) groups is 1. The molecule has 2 aromatic carbocycles. The van der Waals surface area contributed by atoms with Gasteiger partial charge in [-0.05, 0) is 12.1 Å². The summed E-state index contributed by atoms with van der Waals surface area (Å²) in [6, 6.07) is 4.73. The summed E-state index contributed by atoms with van der Waals surface area (Å²) < 4.78 is 39.6. The molecule has 27 heavy (non-hydrogen) atoms. The van der Waals surface area contributed by atoms with Crippen LogP contribution in [0.2, 0.25) is 0 Å². The highest BCUT2D eigenvalue weighted by molar-refractivity contribution is 5.95. The van der Waals surface area contributed by atoms with E-state index in [0.29, 0.717) is 16.9 Å². The molecule has 9 nitrogen and oxygen atoms in total. The van der Waals surface area contributed by atoms with Crippen LogP contribution in [0.15, 0.2) is 24.3 Å². The van der Waals surface area contributed by atoms with Crippen LogP contribution in [-0.2, 0) is 22.7 Å². The van der Waals surface area contributed by atoms with Crippen molar-refractivity contribution in [2.75, 3.05) is 13.6 Å². The smallest absolute Gasteiger partial charge is 0.345 e. The van der Waals surface area contributed by atoms with Crippen LogP contribution in [0.3, 0.4) is 0 Å². The molecule has 4 rings (SSSR count). The number of nitrogens with zero attached hydrogens (tertiary/aromatic N) is 1. The molecule has 0 bridgehead atoms. The van der Waals surface area contributed by atoms with Gasteiger partial charge in [0, 0.05) is 17.2 Å². The Morgan fingerprint density at radius 2 is 1.93 bits per heavy atom. The lowest BCUT2D eigenvalue weighted by Crippen LogP contribution is -2.15. The van der Waals surface area contributed by atoms with E-state index in [1.54, 1.807) is 0 Å². The summed E-state index contributed by atoms with van der Waals surface area (Å²) in [7, 11) is 0. The molecule has 140 valence electrons. The largest absolute Gasteiger partial charge is 0.467 e.